The largest absolute Gasteiger partial charge is 0.433 e. The summed E-state index contributed by atoms with van der Waals surface area (Å²) in [7, 11) is 0. The first-order valence-corrected chi connectivity index (χ1v) is 9.89. The summed E-state index contributed by atoms with van der Waals surface area (Å²) in [6.07, 6.45) is -3.46. The third kappa shape index (κ3) is 5.45. The summed E-state index contributed by atoms with van der Waals surface area (Å²) < 4.78 is 38.1. The van der Waals surface area contributed by atoms with Gasteiger partial charge in [-0.2, -0.15) is 13.2 Å². The van der Waals surface area contributed by atoms with Crippen molar-refractivity contribution < 1.29 is 18.0 Å². The second-order valence-electron chi connectivity index (χ2n) is 6.59. The third-order valence-corrected chi connectivity index (χ3v) is 5.48. The highest BCUT2D eigenvalue weighted by Gasteiger charge is 2.33. The van der Waals surface area contributed by atoms with Crippen molar-refractivity contribution in [2.75, 3.05) is 31.9 Å². The Kier molecular flexibility index (Phi) is 6.56. The lowest BCUT2D eigenvalue weighted by Gasteiger charge is -2.35. The molecule has 1 fully saturated rings. The monoisotopic (exact) mass is 410 g/mol. The van der Waals surface area contributed by atoms with Crippen molar-refractivity contribution in [3.05, 3.63) is 53.3 Å². The normalized spacial score (nSPS) is 15.6. The SMILES string of the molecule is Cc1ccccc1CN1CCN(C(=O)CSc2nccc(C(F)(F)F)n2)CC1. The number of amides is 1. The molecule has 1 aromatic heterocycles. The van der Waals surface area contributed by atoms with Crippen molar-refractivity contribution in [1.82, 2.24) is 19.8 Å². The van der Waals surface area contributed by atoms with Gasteiger partial charge in [-0.3, -0.25) is 9.69 Å². The molecule has 2 aromatic rings. The van der Waals surface area contributed by atoms with Crippen molar-refractivity contribution in [3.63, 3.8) is 0 Å². The Morgan fingerprint density at radius 3 is 2.54 bits per heavy atom. The molecule has 2 heterocycles. The number of carbonyl (C=O) groups is 1. The number of hydrogen-bond acceptors (Lipinski definition) is 5. The van der Waals surface area contributed by atoms with Gasteiger partial charge in [0.25, 0.3) is 0 Å². The Labute approximate surface area is 166 Å². The van der Waals surface area contributed by atoms with Crippen LogP contribution in [0.4, 0.5) is 13.2 Å². The zero-order valence-electron chi connectivity index (χ0n) is 15.4. The topological polar surface area (TPSA) is 49.3 Å². The van der Waals surface area contributed by atoms with Crippen molar-refractivity contribution in [1.29, 1.82) is 0 Å². The van der Waals surface area contributed by atoms with E-state index in [0.29, 0.717) is 13.1 Å². The quantitative estimate of drug-likeness (QED) is 0.560. The number of rotatable bonds is 5. The molecule has 1 aliphatic rings. The number of hydrogen-bond donors (Lipinski definition) is 0. The van der Waals surface area contributed by atoms with Crippen LogP contribution in [-0.4, -0.2) is 57.6 Å². The average Bonchev–Trinajstić information content (AvgIpc) is 2.68. The van der Waals surface area contributed by atoms with E-state index in [1.807, 2.05) is 12.1 Å². The Morgan fingerprint density at radius 2 is 1.86 bits per heavy atom. The zero-order valence-corrected chi connectivity index (χ0v) is 16.3. The highest BCUT2D eigenvalue weighted by atomic mass is 32.2. The van der Waals surface area contributed by atoms with Gasteiger partial charge in [0.05, 0.1) is 5.75 Å². The van der Waals surface area contributed by atoms with Crippen LogP contribution in [0.25, 0.3) is 0 Å². The van der Waals surface area contributed by atoms with Gasteiger partial charge in [0.1, 0.15) is 5.69 Å². The van der Waals surface area contributed by atoms with Crippen molar-refractivity contribution in [3.8, 4) is 0 Å². The predicted octanol–water partition coefficient (Wildman–Crippen LogP) is 3.24. The molecule has 1 aliphatic heterocycles. The molecule has 0 spiro atoms. The van der Waals surface area contributed by atoms with Crippen LogP contribution in [0.1, 0.15) is 16.8 Å². The van der Waals surface area contributed by atoms with Gasteiger partial charge in [0.2, 0.25) is 5.91 Å². The van der Waals surface area contributed by atoms with E-state index in [9.17, 15) is 18.0 Å². The van der Waals surface area contributed by atoms with Gasteiger partial charge < -0.3 is 4.90 Å². The highest BCUT2D eigenvalue weighted by molar-refractivity contribution is 7.99. The first-order chi connectivity index (χ1) is 13.3. The van der Waals surface area contributed by atoms with Crippen LogP contribution in [0.15, 0.2) is 41.7 Å². The number of nitrogens with zero attached hydrogens (tertiary/aromatic N) is 4. The number of aryl methyl sites for hydroxylation is 1. The molecule has 1 amide bonds. The molecular formula is C19H21F3N4OS. The van der Waals surface area contributed by atoms with Crippen LogP contribution in [0.3, 0.4) is 0 Å². The molecule has 150 valence electrons. The zero-order chi connectivity index (χ0) is 20.1. The van der Waals surface area contributed by atoms with Crippen molar-refractivity contribution in [2.24, 2.45) is 0 Å². The Bertz CT molecular complexity index is 823. The van der Waals surface area contributed by atoms with Gasteiger partial charge in [0.15, 0.2) is 5.16 Å². The standard InChI is InChI=1S/C19H21F3N4OS/c1-14-4-2-3-5-15(14)12-25-8-10-26(11-9-25)17(27)13-28-18-23-7-6-16(24-18)19(20,21)22/h2-7H,8-13H2,1H3. The third-order valence-electron chi connectivity index (χ3n) is 4.63. The van der Waals surface area contributed by atoms with Gasteiger partial charge in [-0.25, -0.2) is 9.97 Å². The van der Waals surface area contributed by atoms with Gasteiger partial charge in [0, 0.05) is 38.9 Å². The maximum Gasteiger partial charge on any atom is 0.433 e. The number of aromatic nitrogens is 2. The number of benzene rings is 1. The molecule has 0 bridgehead atoms. The summed E-state index contributed by atoms with van der Waals surface area (Å²) >= 11 is 0.931. The minimum Gasteiger partial charge on any atom is -0.339 e. The summed E-state index contributed by atoms with van der Waals surface area (Å²) in [6, 6.07) is 9.05. The Morgan fingerprint density at radius 1 is 1.14 bits per heavy atom. The van der Waals surface area contributed by atoms with E-state index < -0.39 is 11.9 Å². The lowest BCUT2D eigenvalue weighted by Crippen LogP contribution is -2.48. The maximum atomic E-state index is 12.7. The highest BCUT2D eigenvalue weighted by Crippen LogP contribution is 2.28. The molecule has 5 nitrogen and oxygen atoms in total. The van der Waals surface area contributed by atoms with Gasteiger partial charge in [-0.1, -0.05) is 36.0 Å². The summed E-state index contributed by atoms with van der Waals surface area (Å²) in [5.74, 6) is -0.0828. The van der Waals surface area contributed by atoms with E-state index in [0.717, 1.165) is 43.7 Å². The van der Waals surface area contributed by atoms with Crippen LogP contribution in [0.5, 0.6) is 0 Å². The smallest absolute Gasteiger partial charge is 0.339 e. The first kappa shape index (κ1) is 20.6. The summed E-state index contributed by atoms with van der Waals surface area (Å²) in [6.45, 7) is 5.68. The molecular weight excluding hydrogens is 389 g/mol. The lowest BCUT2D eigenvalue weighted by molar-refractivity contribution is -0.141. The van der Waals surface area contributed by atoms with Crippen molar-refractivity contribution >= 4 is 17.7 Å². The van der Waals surface area contributed by atoms with Crippen LogP contribution in [0, 0.1) is 6.92 Å². The minimum absolute atomic E-state index is 0.0269. The summed E-state index contributed by atoms with van der Waals surface area (Å²) in [4.78, 5) is 23.7. The number of thioether (sulfide) groups is 1. The molecule has 9 heteroatoms. The molecule has 0 unspecified atom stereocenters. The number of alkyl halides is 3. The molecule has 0 N–H and O–H groups in total. The summed E-state index contributed by atoms with van der Waals surface area (Å²) in [5.41, 5.74) is 1.53. The fourth-order valence-electron chi connectivity index (χ4n) is 2.97. The van der Waals surface area contributed by atoms with E-state index in [4.69, 9.17) is 0 Å². The fraction of sp³-hybridized carbons (Fsp3) is 0.421. The predicted molar refractivity (Wildman–Crippen MR) is 101 cm³/mol. The molecule has 0 saturated carbocycles. The van der Waals surface area contributed by atoms with Crippen LogP contribution >= 0.6 is 11.8 Å². The Balaban J connectivity index is 1.47. The van der Waals surface area contributed by atoms with Crippen LogP contribution < -0.4 is 0 Å². The van der Waals surface area contributed by atoms with Gasteiger partial charge in [-0.05, 0) is 24.1 Å². The summed E-state index contributed by atoms with van der Waals surface area (Å²) in [5, 5.41) is -0.0404. The molecule has 1 aromatic carbocycles. The molecule has 0 atom stereocenters. The first-order valence-electron chi connectivity index (χ1n) is 8.90. The molecule has 1 saturated heterocycles. The maximum absolute atomic E-state index is 12.7. The van der Waals surface area contributed by atoms with E-state index in [2.05, 4.69) is 33.9 Å². The second-order valence-corrected chi connectivity index (χ2v) is 7.54. The van der Waals surface area contributed by atoms with Gasteiger partial charge in [-0.15, -0.1) is 0 Å². The molecule has 28 heavy (non-hydrogen) atoms. The molecule has 0 aliphatic carbocycles. The average molecular weight is 410 g/mol. The molecule has 0 radical (unpaired) electrons. The lowest BCUT2D eigenvalue weighted by atomic mass is 10.1. The van der Waals surface area contributed by atoms with Gasteiger partial charge >= 0.3 is 6.18 Å². The van der Waals surface area contributed by atoms with E-state index in [1.165, 1.54) is 11.1 Å². The minimum atomic E-state index is -4.52. The van der Waals surface area contributed by atoms with E-state index >= 15 is 0 Å². The van der Waals surface area contributed by atoms with Crippen molar-refractivity contribution in [2.45, 2.75) is 24.8 Å². The fourth-order valence-corrected chi connectivity index (χ4v) is 3.70. The van der Waals surface area contributed by atoms with E-state index in [-0.39, 0.29) is 16.8 Å². The van der Waals surface area contributed by atoms with Crippen LogP contribution in [-0.2, 0) is 17.5 Å². The Hall–Kier alpha value is -2.13. The second kappa shape index (κ2) is 8.91. The van der Waals surface area contributed by atoms with E-state index in [1.54, 1.807) is 4.90 Å². The van der Waals surface area contributed by atoms with Crippen LogP contribution in [0.2, 0.25) is 0 Å². The number of carbonyl (C=O) groups excluding carboxylic acids is 1. The number of piperazine rings is 1. The number of halogens is 3. The molecule has 3 rings (SSSR count).